The molecule has 6 nitrogen and oxygen atoms in total. The highest BCUT2D eigenvalue weighted by Gasteiger charge is 2.31. The van der Waals surface area contributed by atoms with Crippen molar-refractivity contribution in [2.24, 2.45) is 0 Å². The maximum Gasteiger partial charge on any atom is 0.279 e. The van der Waals surface area contributed by atoms with Crippen LogP contribution in [0.15, 0.2) is 39.9 Å². The van der Waals surface area contributed by atoms with E-state index >= 15 is 0 Å². The number of quaternary nitrogens is 1. The molecule has 0 aliphatic carbocycles. The van der Waals surface area contributed by atoms with Gasteiger partial charge in [0.05, 0.1) is 26.2 Å². The number of hydrogen-bond acceptors (Lipinski definition) is 4. The molecule has 30 heavy (non-hydrogen) atoms. The highest BCUT2D eigenvalue weighted by atomic mass is 32.2. The van der Waals surface area contributed by atoms with Crippen molar-refractivity contribution in [3.63, 3.8) is 0 Å². The molecule has 1 amide bonds. The van der Waals surface area contributed by atoms with E-state index in [1.807, 2.05) is 0 Å². The minimum Gasteiger partial charge on any atom is -0.325 e. The first-order chi connectivity index (χ1) is 14.2. The number of nitrogens with one attached hydrogen (secondary N) is 2. The second-order valence-electron chi connectivity index (χ2n) is 8.43. The number of nitrogens with zero attached hydrogens (tertiary/aromatic N) is 1. The summed E-state index contributed by atoms with van der Waals surface area (Å²) in [6.07, 6.45) is 0. The summed E-state index contributed by atoms with van der Waals surface area (Å²) in [4.78, 5) is 13.9. The van der Waals surface area contributed by atoms with Crippen molar-refractivity contribution >= 4 is 33.0 Å². The van der Waals surface area contributed by atoms with Crippen molar-refractivity contribution in [2.75, 3.05) is 38.0 Å². The number of carbonyl (C=O) groups is 1. The highest BCUT2D eigenvalue weighted by molar-refractivity contribution is 7.91. The number of rotatable bonds is 7. The molecule has 0 radical (unpaired) electrons. The molecule has 1 saturated heterocycles. The van der Waals surface area contributed by atoms with Crippen LogP contribution in [-0.2, 0) is 14.8 Å². The van der Waals surface area contributed by atoms with E-state index in [2.05, 4.69) is 51.2 Å². The van der Waals surface area contributed by atoms with Crippen molar-refractivity contribution < 1.29 is 18.1 Å². The molecular formula is C22H32N3O3S2+. The molecule has 1 aromatic heterocycles. The first-order valence-corrected chi connectivity index (χ1v) is 12.8. The maximum absolute atomic E-state index is 12.8. The number of anilines is 1. The number of amides is 1. The molecule has 1 aromatic carbocycles. The molecule has 2 N–H and O–H groups in total. The molecule has 0 atom stereocenters. The van der Waals surface area contributed by atoms with Crippen LogP contribution in [0.3, 0.4) is 0 Å². The Morgan fingerprint density at radius 3 is 2.17 bits per heavy atom. The molecule has 2 heterocycles. The molecule has 0 unspecified atom stereocenters. The quantitative estimate of drug-likeness (QED) is 0.681. The zero-order valence-corrected chi connectivity index (χ0v) is 19.8. The maximum atomic E-state index is 12.8. The van der Waals surface area contributed by atoms with Crippen LogP contribution in [0.1, 0.15) is 50.7 Å². The Kier molecular flexibility index (Phi) is 7.34. The van der Waals surface area contributed by atoms with Gasteiger partial charge in [-0.25, -0.2) is 8.42 Å². The lowest BCUT2D eigenvalue weighted by molar-refractivity contribution is -0.895. The van der Waals surface area contributed by atoms with Crippen LogP contribution in [0.4, 0.5) is 5.69 Å². The number of thiophene rings is 1. The summed E-state index contributed by atoms with van der Waals surface area (Å²) in [7, 11) is -3.41. The molecule has 164 valence electrons. The van der Waals surface area contributed by atoms with Crippen molar-refractivity contribution in [3.05, 3.63) is 46.8 Å². The number of benzene rings is 1. The number of para-hydroxylation sites is 1. The number of sulfonamides is 1. The van der Waals surface area contributed by atoms with E-state index < -0.39 is 10.0 Å². The summed E-state index contributed by atoms with van der Waals surface area (Å²) < 4.78 is 27.3. The predicted octanol–water partition coefficient (Wildman–Crippen LogP) is 2.52. The molecule has 1 aliphatic rings. The first-order valence-electron chi connectivity index (χ1n) is 10.5. The minimum absolute atomic E-state index is 0.0189. The largest absolute Gasteiger partial charge is 0.325 e. The fourth-order valence-corrected chi connectivity index (χ4v) is 6.45. The van der Waals surface area contributed by atoms with Gasteiger partial charge in [-0.3, -0.25) is 4.79 Å². The molecule has 0 spiro atoms. The van der Waals surface area contributed by atoms with Crippen LogP contribution >= 0.6 is 11.3 Å². The third-order valence-corrected chi connectivity index (χ3v) is 8.84. The van der Waals surface area contributed by atoms with Gasteiger partial charge in [0.25, 0.3) is 15.9 Å². The standard InChI is InChI=1S/C22H31N3O3S2/c1-16(2)18-7-5-8-19(17(3)4)22(18)23-20(26)15-24-10-12-25(13-11-24)30(27,28)21-9-6-14-29-21/h5-9,14,16-17H,10-13,15H2,1-4H3,(H,23,26)/p+1. The second-order valence-corrected chi connectivity index (χ2v) is 11.5. The Labute approximate surface area is 183 Å². The van der Waals surface area contributed by atoms with Gasteiger partial charge < -0.3 is 10.2 Å². The normalized spacial score (nSPS) is 16.3. The molecule has 0 bridgehead atoms. The van der Waals surface area contributed by atoms with Crippen molar-refractivity contribution in [3.8, 4) is 0 Å². The van der Waals surface area contributed by atoms with Gasteiger partial charge in [0.2, 0.25) is 0 Å². The fraction of sp³-hybridized carbons (Fsp3) is 0.500. The van der Waals surface area contributed by atoms with Gasteiger partial charge in [-0.15, -0.1) is 11.3 Å². The molecular weight excluding hydrogens is 418 g/mol. The average molecular weight is 451 g/mol. The van der Waals surface area contributed by atoms with E-state index in [4.69, 9.17) is 0 Å². The molecule has 0 saturated carbocycles. The summed E-state index contributed by atoms with van der Waals surface area (Å²) in [6.45, 7) is 11.0. The van der Waals surface area contributed by atoms with Gasteiger partial charge in [-0.2, -0.15) is 4.31 Å². The summed E-state index contributed by atoms with van der Waals surface area (Å²) >= 11 is 1.24. The molecule has 8 heteroatoms. The fourth-order valence-electron chi connectivity index (χ4n) is 3.86. The van der Waals surface area contributed by atoms with Crippen LogP contribution in [0.5, 0.6) is 0 Å². The highest BCUT2D eigenvalue weighted by Crippen LogP contribution is 2.32. The van der Waals surface area contributed by atoms with E-state index in [9.17, 15) is 13.2 Å². The average Bonchev–Trinajstić information content (AvgIpc) is 3.24. The summed E-state index contributed by atoms with van der Waals surface area (Å²) in [6, 6.07) is 9.61. The van der Waals surface area contributed by atoms with E-state index in [1.54, 1.807) is 17.5 Å². The summed E-state index contributed by atoms with van der Waals surface area (Å²) in [5.74, 6) is 0.615. The van der Waals surface area contributed by atoms with E-state index in [1.165, 1.54) is 15.6 Å². The predicted molar refractivity (Wildman–Crippen MR) is 122 cm³/mol. The zero-order valence-electron chi connectivity index (χ0n) is 18.1. The summed E-state index contributed by atoms with van der Waals surface area (Å²) in [5, 5.41) is 4.94. The molecule has 1 fully saturated rings. The molecule has 1 aliphatic heterocycles. The van der Waals surface area contributed by atoms with Crippen molar-refractivity contribution in [2.45, 2.75) is 43.7 Å². The first kappa shape index (κ1) is 22.9. The Bertz CT molecular complexity index is 935. The third-order valence-electron chi connectivity index (χ3n) is 5.57. The molecule has 2 aromatic rings. The van der Waals surface area contributed by atoms with Crippen LogP contribution in [0.25, 0.3) is 0 Å². The zero-order chi connectivity index (χ0) is 21.9. The van der Waals surface area contributed by atoms with Gasteiger partial charge in [-0.1, -0.05) is 52.0 Å². The number of piperazine rings is 1. The second kappa shape index (κ2) is 9.60. The van der Waals surface area contributed by atoms with Gasteiger partial charge >= 0.3 is 0 Å². The van der Waals surface area contributed by atoms with Crippen molar-refractivity contribution in [1.82, 2.24) is 4.31 Å². The monoisotopic (exact) mass is 450 g/mol. The SMILES string of the molecule is CC(C)c1cccc(C(C)C)c1NC(=O)C[NH+]1CCN(S(=O)(=O)c2cccs2)CC1. The Morgan fingerprint density at radius 2 is 1.67 bits per heavy atom. The van der Waals surface area contributed by atoms with Crippen LogP contribution in [0, 0.1) is 0 Å². The topological polar surface area (TPSA) is 70.9 Å². The van der Waals surface area contributed by atoms with Crippen LogP contribution in [-0.4, -0.2) is 51.4 Å². The van der Waals surface area contributed by atoms with Gasteiger partial charge in [-0.05, 0) is 34.4 Å². The minimum atomic E-state index is -3.41. The smallest absolute Gasteiger partial charge is 0.279 e. The Hall–Kier alpha value is -1.74. The van der Waals surface area contributed by atoms with Crippen LogP contribution in [0.2, 0.25) is 0 Å². The van der Waals surface area contributed by atoms with E-state index in [0.717, 1.165) is 21.7 Å². The lowest BCUT2D eigenvalue weighted by Crippen LogP contribution is -3.15. The summed E-state index contributed by atoms with van der Waals surface area (Å²) in [5.41, 5.74) is 3.23. The Balaban J connectivity index is 1.62. The van der Waals surface area contributed by atoms with E-state index in [-0.39, 0.29) is 5.91 Å². The number of hydrogen-bond donors (Lipinski definition) is 2. The molecule has 3 rings (SSSR count). The Morgan fingerprint density at radius 1 is 1.07 bits per heavy atom. The lowest BCUT2D eigenvalue weighted by Gasteiger charge is -2.31. The van der Waals surface area contributed by atoms with Gasteiger partial charge in [0.15, 0.2) is 6.54 Å². The third kappa shape index (κ3) is 5.11. The van der Waals surface area contributed by atoms with Crippen LogP contribution < -0.4 is 10.2 Å². The van der Waals surface area contributed by atoms with Gasteiger partial charge in [0, 0.05) is 5.69 Å². The van der Waals surface area contributed by atoms with E-state index in [0.29, 0.717) is 48.8 Å². The lowest BCUT2D eigenvalue weighted by atomic mass is 9.92. The number of carbonyl (C=O) groups excluding carboxylic acids is 1. The van der Waals surface area contributed by atoms with Crippen molar-refractivity contribution in [1.29, 1.82) is 0 Å². The van der Waals surface area contributed by atoms with Gasteiger partial charge in [0.1, 0.15) is 4.21 Å².